The minimum absolute atomic E-state index is 0.161. The lowest BCUT2D eigenvalue weighted by Gasteiger charge is -2.33. The molecule has 0 heterocycles. The number of carbonyl (C=O) groups is 1. The SMILES string of the molecule is CC(C)(C)OC(=O)N[C@H]1CCCC[C@@H]1NCCc1ccccc1. The van der Waals surface area contributed by atoms with E-state index >= 15 is 0 Å². The maximum atomic E-state index is 12.0. The average molecular weight is 318 g/mol. The molecular weight excluding hydrogens is 288 g/mol. The van der Waals surface area contributed by atoms with E-state index in [2.05, 4.69) is 34.9 Å². The molecule has 4 nitrogen and oxygen atoms in total. The highest BCUT2D eigenvalue weighted by atomic mass is 16.6. The smallest absolute Gasteiger partial charge is 0.407 e. The Morgan fingerprint density at radius 1 is 1.13 bits per heavy atom. The Hall–Kier alpha value is -1.55. The number of benzene rings is 1. The van der Waals surface area contributed by atoms with Gasteiger partial charge in [-0.3, -0.25) is 0 Å². The van der Waals surface area contributed by atoms with Gasteiger partial charge in [0.15, 0.2) is 0 Å². The van der Waals surface area contributed by atoms with Crippen molar-refractivity contribution in [1.82, 2.24) is 10.6 Å². The van der Waals surface area contributed by atoms with Crippen LogP contribution in [0.5, 0.6) is 0 Å². The molecule has 0 aromatic heterocycles. The lowest BCUT2D eigenvalue weighted by molar-refractivity contribution is 0.0479. The Labute approximate surface area is 140 Å². The van der Waals surface area contributed by atoms with E-state index in [1.165, 1.54) is 12.0 Å². The van der Waals surface area contributed by atoms with E-state index in [1.54, 1.807) is 0 Å². The van der Waals surface area contributed by atoms with Gasteiger partial charge in [-0.15, -0.1) is 0 Å². The molecule has 0 bridgehead atoms. The molecule has 23 heavy (non-hydrogen) atoms. The fraction of sp³-hybridized carbons (Fsp3) is 0.632. The lowest BCUT2D eigenvalue weighted by Crippen LogP contribution is -2.52. The van der Waals surface area contributed by atoms with Crippen LogP contribution in [-0.4, -0.2) is 30.3 Å². The van der Waals surface area contributed by atoms with Crippen molar-refractivity contribution >= 4 is 6.09 Å². The van der Waals surface area contributed by atoms with Crippen LogP contribution in [0, 0.1) is 0 Å². The Kier molecular flexibility index (Phi) is 6.46. The number of hydrogen-bond donors (Lipinski definition) is 2. The third-order valence-corrected chi connectivity index (χ3v) is 4.13. The summed E-state index contributed by atoms with van der Waals surface area (Å²) in [6.07, 6.45) is 5.21. The van der Waals surface area contributed by atoms with Crippen LogP contribution in [0.4, 0.5) is 4.79 Å². The summed E-state index contributed by atoms with van der Waals surface area (Å²) in [5, 5.41) is 6.67. The van der Waals surface area contributed by atoms with Crippen LogP contribution >= 0.6 is 0 Å². The van der Waals surface area contributed by atoms with Crippen molar-refractivity contribution in [2.24, 2.45) is 0 Å². The van der Waals surface area contributed by atoms with Gasteiger partial charge in [-0.05, 0) is 52.1 Å². The Morgan fingerprint density at radius 2 is 1.78 bits per heavy atom. The summed E-state index contributed by atoms with van der Waals surface area (Å²) in [5.41, 5.74) is 0.891. The maximum Gasteiger partial charge on any atom is 0.407 e. The molecule has 2 atom stereocenters. The van der Waals surface area contributed by atoms with Gasteiger partial charge in [0, 0.05) is 12.1 Å². The highest BCUT2D eigenvalue weighted by molar-refractivity contribution is 5.68. The average Bonchev–Trinajstić information content (AvgIpc) is 2.48. The molecule has 0 spiro atoms. The molecule has 0 saturated heterocycles. The van der Waals surface area contributed by atoms with Crippen LogP contribution in [0.1, 0.15) is 52.0 Å². The fourth-order valence-electron chi connectivity index (χ4n) is 3.05. The van der Waals surface area contributed by atoms with Gasteiger partial charge in [0.1, 0.15) is 5.60 Å². The van der Waals surface area contributed by atoms with E-state index in [4.69, 9.17) is 4.74 Å². The first-order chi connectivity index (χ1) is 10.9. The zero-order valence-corrected chi connectivity index (χ0v) is 14.6. The third-order valence-electron chi connectivity index (χ3n) is 4.13. The van der Waals surface area contributed by atoms with Gasteiger partial charge >= 0.3 is 6.09 Å². The van der Waals surface area contributed by atoms with Crippen molar-refractivity contribution in [2.75, 3.05) is 6.54 Å². The first kappa shape index (κ1) is 17.8. The third kappa shape index (κ3) is 6.61. The minimum atomic E-state index is -0.449. The summed E-state index contributed by atoms with van der Waals surface area (Å²) in [6.45, 7) is 6.61. The molecule has 2 rings (SSSR count). The number of nitrogens with one attached hydrogen (secondary N) is 2. The second-order valence-corrected chi connectivity index (χ2v) is 7.33. The summed E-state index contributed by atoms with van der Waals surface area (Å²) in [7, 11) is 0. The van der Waals surface area contributed by atoms with Crippen LogP contribution < -0.4 is 10.6 Å². The number of hydrogen-bond acceptors (Lipinski definition) is 3. The van der Waals surface area contributed by atoms with E-state index in [1.807, 2.05) is 26.8 Å². The lowest BCUT2D eigenvalue weighted by atomic mass is 9.90. The predicted molar refractivity (Wildman–Crippen MR) is 93.6 cm³/mol. The fourth-order valence-corrected chi connectivity index (χ4v) is 3.05. The highest BCUT2D eigenvalue weighted by Gasteiger charge is 2.27. The van der Waals surface area contributed by atoms with E-state index in [-0.39, 0.29) is 12.1 Å². The molecular formula is C19H30N2O2. The summed E-state index contributed by atoms with van der Waals surface area (Å²) in [4.78, 5) is 12.0. The van der Waals surface area contributed by atoms with Crippen molar-refractivity contribution in [3.8, 4) is 0 Å². The molecule has 1 amide bonds. The van der Waals surface area contributed by atoms with Gasteiger partial charge in [0.05, 0.1) is 0 Å². The molecule has 0 unspecified atom stereocenters. The zero-order valence-electron chi connectivity index (χ0n) is 14.6. The van der Waals surface area contributed by atoms with E-state index < -0.39 is 5.60 Å². The monoisotopic (exact) mass is 318 g/mol. The molecule has 1 aliphatic carbocycles. The molecule has 2 N–H and O–H groups in total. The maximum absolute atomic E-state index is 12.0. The normalized spacial score (nSPS) is 21.7. The second-order valence-electron chi connectivity index (χ2n) is 7.33. The van der Waals surface area contributed by atoms with E-state index in [0.717, 1.165) is 32.2 Å². The number of alkyl carbamates (subject to hydrolysis) is 1. The number of carbonyl (C=O) groups excluding carboxylic acids is 1. The first-order valence-electron chi connectivity index (χ1n) is 8.71. The minimum Gasteiger partial charge on any atom is -0.444 e. The molecule has 1 aromatic carbocycles. The molecule has 128 valence electrons. The molecule has 1 aliphatic rings. The number of ether oxygens (including phenoxy) is 1. The van der Waals surface area contributed by atoms with Crippen LogP contribution in [-0.2, 0) is 11.2 Å². The second kappa shape index (κ2) is 8.34. The topological polar surface area (TPSA) is 50.4 Å². The predicted octanol–water partition coefficient (Wildman–Crippen LogP) is 3.65. The van der Waals surface area contributed by atoms with Crippen LogP contribution in [0.2, 0.25) is 0 Å². The molecule has 4 heteroatoms. The Morgan fingerprint density at radius 3 is 2.43 bits per heavy atom. The van der Waals surface area contributed by atoms with Crippen molar-refractivity contribution < 1.29 is 9.53 Å². The van der Waals surface area contributed by atoms with E-state index in [9.17, 15) is 4.79 Å². The van der Waals surface area contributed by atoms with E-state index in [0.29, 0.717) is 6.04 Å². The number of amides is 1. The summed E-state index contributed by atoms with van der Waals surface area (Å²) in [5.74, 6) is 0. The Bertz CT molecular complexity index is 482. The van der Waals surface area contributed by atoms with Crippen molar-refractivity contribution in [2.45, 2.75) is 70.6 Å². The van der Waals surface area contributed by atoms with Crippen molar-refractivity contribution in [1.29, 1.82) is 0 Å². The van der Waals surface area contributed by atoms with Crippen LogP contribution in [0.3, 0.4) is 0 Å². The van der Waals surface area contributed by atoms with Gasteiger partial charge in [0.25, 0.3) is 0 Å². The molecule has 0 aliphatic heterocycles. The van der Waals surface area contributed by atoms with Gasteiger partial charge in [-0.25, -0.2) is 4.79 Å². The van der Waals surface area contributed by atoms with Crippen LogP contribution in [0.15, 0.2) is 30.3 Å². The summed E-state index contributed by atoms with van der Waals surface area (Å²) in [6, 6.07) is 11.0. The van der Waals surface area contributed by atoms with Crippen molar-refractivity contribution in [3.63, 3.8) is 0 Å². The quantitative estimate of drug-likeness (QED) is 0.871. The molecule has 0 radical (unpaired) electrons. The molecule has 1 fully saturated rings. The molecule has 1 aromatic rings. The van der Waals surface area contributed by atoms with Gasteiger partial charge in [-0.1, -0.05) is 43.2 Å². The Balaban J connectivity index is 1.80. The standard InChI is InChI=1S/C19H30N2O2/c1-19(2,3)23-18(22)21-17-12-8-7-11-16(17)20-14-13-15-9-5-4-6-10-15/h4-6,9-10,16-17,20H,7-8,11-14H2,1-3H3,(H,21,22)/t16-,17-/m0/s1. The highest BCUT2D eigenvalue weighted by Crippen LogP contribution is 2.19. The zero-order chi connectivity index (χ0) is 16.7. The summed E-state index contributed by atoms with van der Waals surface area (Å²) >= 11 is 0. The number of rotatable bonds is 5. The first-order valence-corrected chi connectivity index (χ1v) is 8.71. The van der Waals surface area contributed by atoms with Crippen molar-refractivity contribution in [3.05, 3.63) is 35.9 Å². The largest absolute Gasteiger partial charge is 0.444 e. The molecule has 1 saturated carbocycles. The van der Waals surface area contributed by atoms with Gasteiger partial charge in [0.2, 0.25) is 0 Å². The van der Waals surface area contributed by atoms with Gasteiger partial charge < -0.3 is 15.4 Å². The van der Waals surface area contributed by atoms with Gasteiger partial charge in [-0.2, -0.15) is 0 Å². The summed E-state index contributed by atoms with van der Waals surface area (Å²) < 4.78 is 5.38. The van der Waals surface area contributed by atoms with Crippen LogP contribution in [0.25, 0.3) is 0 Å².